The predicted molar refractivity (Wildman–Crippen MR) is 101 cm³/mol. The first kappa shape index (κ1) is 22.2. The molecule has 0 radical (unpaired) electrons. The van der Waals surface area contributed by atoms with E-state index in [1.165, 1.54) is 24.3 Å². The summed E-state index contributed by atoms with van der Waals surface area (Å²) in [4.78, 5) is 15.7. The van der Waals surface area contributed by atoms with Crippen LogP contribution in [0.5, 0.6) is 5.75 Å². The lowest BCUT2D eigenvalue weighted by Gasteiger charge is -2.09. The number of hydrogen-bond donors (Lipinski definition) is 2. The van der Waals surface area contributed by atoms with Crippen LogP contribution in [0, 0.1) is 0 Å². The van der Waals surface area contributed by atoms with E-state index in [9.17, 15) is 18.0 Å². The normalized spacial score (nSPS) is 11.9. The molecule has 2 N–H and O–H groups in total. The summed E-state index contributed by atoms with van der Waals surface area (Å²) in [5.41, 5.74) is 3.16. The third-order valence-electron chi connectivity index (χ3n) is 3.81. The molecule has 0 aromatic heterocycles. The van der Waals surface area contributed by atoms with E-state index in [0.717, 1.165) is 11.1 Å². The van der Waals surface area contributed by atoms with Crippen LogP contribution in [0.3, 0.4) is 0 Å². The molecule has 0 saturated carbocycles. The van der Waals surface area contributed by atoms with E-state index >= 15 is 0 Å². The molecule has 0 atom stereocenters. The van der Waals surface area contributed by atoms with Gasteiger partial charge in [-0.15, -0.1) is 13.2 Å². The van der Waals surface area contributed by atoms with Gasteiger partial charge in [0, 0.05) is 13.1 Å². The molecule has 0 unspecified atom stereocenters. The van der Waals surface area contributed by atoms with Crippen molar-refractivity contribution in [2.24, 2.45) is 5.16 Å². The molecule has 0 amide bonds. The van der Waals surface area contributed by atoms with Crippen molar-refractivity contribution in [3.63, 3.8) is 0 Å². The number of aliphatic carboxylic acids is 1. The van der Waals surface area contributed by atoms with Gasteiger partial charge in [-0.1, -0.05) is 41.6 Å². The highest BCUT2D eigenvalue weighted by Gasteiger charge is 2.30. The molecule has 0 saturated heterocycles. The molecular formula is C20H21F3N2O4. The second-order valence-corrected chi connectivity index (χ2v) is 6.16. The number of rotatable bonds is 10. The largest absolute Gasteiger partial charge is 0.573 e. The third kappa shape index (κ3) is 8.65. The fourth-order valence-corrected chi connectivity index (χ4v) is 2.34. The van der Waals surface area contributed by atoms with Crippen LogP contribution < -0.4 is 10.1 Å². The van der Waals surface area contributed by atoms with Crippen LogP contribution in [0.2, 0.25) is 0 Å². The first-order valence-electron chi connectivity index (χ1n) is 8.76. The molecule has 2 aromatic carbocycles. The summed E-state index contributed by atoms with van der Waals surface area (Å²) in [7, 11) is 0. The summed E-state index contributed by atoms with van der Waals surface area (Å²) in [6.07, 6.45) is -4.65. The number of nitrogens with one attached hydrogen (secondary N) is 1. The highest BCUT2D eigenvalue weighted by atomic mass is 19.4. The van der Waals surface area contributed by atoms with Gasteiger partial charge in [0.05, 0.1) is 12.1 Å². The van der Waals surface area contributed by atoms with Gasteiger partial charge in [0.25, 0.3) is 0 Å². The minimum absolute atomic E-state index is 0.0687. The second kappa shape index (κ2) is 10.5. The van der Waals surface area contributed by atoms with E-state index in [1.807, 2.05) is 24.3 Å². The number of nitrogens with zero attached hydrogens (tertiary/aromatic N) is 1. The van der Waals surface area contributed by atoms with Crippen molar-refractivity contribution in [2.75, 3.05) is 6.54 Å². The molecule has 9 heteroatoms. The molecule has 0 heterocycles. The van der Waals surface area contributed by atoms with Crippen molar-refractivity contribution in [1.29, 1.82) is 0 Å². The summed E-state index contributed by atoms with van der Waals surface area (Å²) in [6.45, 7) is 2.85. The summed E-state index contributed by atoms with van der Waals surface area (Å²) in [5.74, 6) is -1.14. The Bertz CT molecular complexity index is 819. The third-order valence-corrected chi connectivity index (χ3v) is 3.81. The van der Waals surface area contributed by atoms with Gasteiger partial charge in [-0.25, -0.2) is 0 Å². The molecule has 29 heavy (non-hydrogen) atoms. The smallest absolute Gasteiger partial charge is 0.481 e. The van der Waals surface area contributed by atoms with Crippen LogP contribution >= 0.6 is 0 Å². The van der Waals surface area contributed by atoms with Crippen LogP contribution in [0.4, 0.5) is 13.2 Å². The van der Waals surface area contributed by atoms with Gasteiger partial charge < -0.3 is 20.0 Å². The number of oxime groups is 1. The summed E-state index contributed by atoms with van der Waals surface area (Å²) < 4.78 is 40.2. The average Bonchev–Trinajstić information content (AvgIpc) is 2.66. The lowest BCUT2D eigenvalue weighted by atomic mass is 10.1. The van der Waals surface area contributed by atoms with Crippen molar-refractivity contribution >= 4 is 11.7 Å². The van der Waals surface area contributed by atoms with E-state index in [2.05, 4.69) is 15.2 Å². The maximum Gasteiger partial charge on any atom is 0.573 e. The molecular weight excluding hydrogens is 389 g/mol. The van der Waals surface area contributed by atoms with Gasteiger partial charge in [0.2, 0.25) is 0 Å². The highest BCUT2D eigenvalue weighted by molar-refractivity contribution is 5.98. The Morgan fingerprint density at radius 1 is 1.07 bits per heavy atom. The van der Waals surface area contributed by atoms with Crippen LogP contribution in [0.1, 0.15) is 30.0 Å². The molecule has 0 aliphatic carbocycles. The number of carbonyl (C=O) groups is 1. The Labute approximate surface area is 165 Å². The fourth-order valence-electron chi connectivity index (χ4n) is 2.34. The molecule has 0 bridgehead atoms. The number of carboxylic acids is 1. The van der Waals surface area contributed by atoms with Crippen LogP contribution in [-0.2, 0) is 22.8 Å². The standard InChI is InChI=1S/C20H21F3N2O4/c1-14(17-6-2-15(3-7-17)12-24-11-10-19(26)27)25-28-13-16-4-8-18(9-5-16)29-20(21,22)23/h2-9,24H,10-13H2,1H3,(H,26,27)/b25-14-. The fraction of sp³-hybridized carbons (Fsp3) is 0.300. The zero-order chi connectivity index (χ0) is 21.3. The molecule has 0 fully saturated rings. The van der Waals surface area contributed by atoms with Gasteiger partial charge in [-0.2, -0.15) is 0 Å². The van der Waals surface area contributed by atoms with Crippen molar-refractivity contribution in [3.05, 3.63) is 65.2 Å². The van der Waals surface area contributed by atoms with E-state index in [4.69, 9.17) is 9.94 Å². The van der Waals surface area contributed by atoms with Crippen LogP contribution in [-0.4, -0.2) is 29.7 Å². The number of alkyl halides is 3. The predicted octanol–water partition coefficient (Wildman–Crippen LogP) is 4.09. The van der Waals surface area contributed by atoms with Crippen molar-refractivity contribution < 1.29 is 32.6 Å². The van der Waals surface area contributed by atoms with Crippen LogP contribution in [0.15, 0.2) is 53.7 Å². The Balaban J connectivity index is 1.81. The Morgan fingerprint density at radius 2 is 1.69 bits per heavy atom. The SMILES string of the molecule is C/C(=N/OCc1ccc(OC(F)(F)F)cc1)c1ccc(CNCCC(=O)O)cc1. The summed E-state index contributed by atoms with van der Waals surface area (Å²) in [5, 5.41) is 15.7. The first-order chi connectivity index (χ1) is 13.7. The zero-order valence-corrected chi connectivity index (χ0v) is 15.7. The highest BCUT2D eigenvalue weighted by Crippen LogP contribution is 2.22. The summed E-state index contributed by atoms with van der Waals surface area (Å²) >= 11 is 0. The summed E-state index contributed by atoms with van der Waals surface area (Å²) in [6, 6.07) is 12.9. The van der Waals surface area contributed by atoms with Crippen molar-refractivity contribution in [1.82, 2.24) is 5.32 Å². The van der Waals surface area contributed by atoms with Gasteiger partial charge in [0.15, 0.2) is 0 Å². The quantitative estimate of drug-likeness (QED) is 0.350. The minimum atomic E-state index is -4.72. The van der Waals surface area contributed by atoms with Crippen molar-refractivity contribution in [2.45, 2.75) is 32.9 Å². The monoisotopic (exact) mass is 410 g/mol. The molecule has 2 aromatic rings. The minimum Gasteiger partial charge on any atom is -0.481 e. The lowest BCUT2D eigenvalue weighted by Crippen LogP contribution is -2.17. The number of carboxylic acid groups (broad SMARTS) is 1. The number of hydrogen-bond acceptors (Lipinski definition) is 5. The molecule has 0 aliphatic heterocycles. The maximum atomic E-state index is 12.1. The van der Waals surface area contributed by atoms with Gasteiger partial charge in [0.1, 0.15) is 12.4 Å². The van der Waals surface area contributed by atoms with E-state index in [1.54, 1.807) is 6.92 Å². The Morgan fingerprint density at radius 3 is 2.28 bits per heavy atom. The first-order valence-corrected chi connectivity index (χ1v) is 8.76. The maximum absolute atomic E-state index is 12.1. The second-order valence-electron chi connectivity index (χ2n) is 6.16. The number of ether oxygens (including phenoxy) is 1. The lowest BCUT2D eigenvalue weighted by molar-refractivity contribution is -0.274. The molecule has 0 aliphatic rings. The molecule has 2 rings (SSSR count). The van der Waals surface area contributed by atoms with Crippen LogP contribution in [0.25, 0.3) is 0 Å². The Kier molecular flexibility index (Phi) is 8.02. The van der Waals surface area contributed by atoms with E-state index in [-0.39, 0.29) is 18.8 Å². The number of halogens is 3. The Hall–Kier alpha value is -3.07. The van der Waals surface area contributed by atoms with Gasteiger partial charge in [-0.05, 0) is 35.7 Å². The van der Waals surface area contributed by atoms with Crippen molar-refractivity contribution in [3.8, 4) is 5.75 Å². The topological polar surface area (TPSA) is 80.2 Å². The average molecular weight is 410 g/mol. The number of benzene rings is 2. The van der Waals surface area contributed by atoms with E-state index in [0.29, 0.717) is 24.4 Å². The zero-order valence-electron chi connectivity index (χ0n) is 15.7. The van der Waals surface area contributed by atoms with Gasteiger partial charge in [-0.3, -0.25) is 4.79 Å². The molecule has 6 nitrogen and oxygen atoms in total. The molecule has 156 valence electrons. The van der Waals surface area contributed by atoms with Gasteiger partial charge >= 0.3 is 12.3 Å². The molecule has 0 spiro atoms. The van der Waals surface area contributed by atoms with E-state index < -0.39 is 12.3 Å².